The monoisotopic (exact) mass is 551 g/mol. The summed E-state index contributed by atoms with van der Waals surface area (Å²) in [4.78, 5) is 2.18. The molecule has 39 heavy (non-hydrogen) atoms. The summed E-state index contributed by atoms with van der Waals surface area (Å²) >= 11 is 0. The topological polar surface area (TPSA) is 87.5 Å². The van der Waals surface area contributed by atoms with Gasteiger partial charge in [0.2, 0.25) is 0 Å². The smallest absolute Gasteiger partial charge is 0.171 e. The van der Waals surface area contributed by atoms with E-state index >= 15 is 0 Å². The highest BCUT2D eigenvalue weighted by atomic mass is 19.2. The SMILES string of the molecule is Cc1c(C)c2c(c(C)c1O)CC[C@@](C)(CCCCCCCCCOCc1c(F)c(F)c(N=[N+]=[N-])c(F)c1F)O2. The van der Waals surface area contributed by atoms with Crippen LogP contribution in [0.25, 0.3) is 10.4 Å². The molecule has 0 saturated heterocycles. The van der Waals surface area contributed by atoms with Crippen LogP contribution in [0.4, 0.5) is 23.2 Å². The number of hydrogen-bond acceptors (Lipinski definition) is 4. The zero-order valence-electron chi connectivity index (χ0n) is 23.1. The Balaban J connectivity index is 1.31. The number of benzene rings is 2. The lowest BCUT2D eigenvalue weighted by atomic mass is 9.84. The molecule has 10 heteroatoms. The van der Waals surface area contributed by atoms with Crippen LogP contribution in [0.1, 0.15) is 92.5 Å². The molecule has 0 spiro atoms. The second kappa shape index (κ2) is 13.4. The normalized spacial score (nSPS) is 16.5. The van der Waals surface area contributed by atoms with Gasteiger partial charge < -0.3 is 14.6 Å². The molecule has 0 radical (unpaired) electrons. The zero-order valence-corrected chi connectivity index (χ0v) is 23.1. The van der Waals surface area contributed by atoms with Gasteiger partial charge in [0.05, 0.1) is 12.2 Å². The van der Waals surface area contributed by atoms with Crippen LogP contribution in [0.5, 0.6) is 11.5 Å². The number of rotatable bonds is 13. The average Bonchev–Trinajstić information content (AvgIpc) is 2.92. The van der Waals surface area contributed by atoms with Crippen molar-refractivity contribution in [3.8, 4) is 11.5 Å². The van der Waals surface area contributed by atoms with Crippen molar-refractivity contribution >= 4 is 5.69 Å². The lowest BCUT2D eigenvalue weighted by molar-refractivity contribution is 0.0521. The number of phenols is 1. The maximum Gasteiger partial charge on any atom is 0.171 e. The van der Waals surface area contributed by atoms with Crippen molar-refractivity contribution in [3.63, 3.8) is 0 Å². The number of fused-ring (bicyclic) bond motifs is 1. The van der Waals surface area contributed by atoms with Crippen molar-refractivity contribution in [2.45, 2.75) is 104 Å². The van der Waals surface area contributed by atoms with E-state index in [-0.39, 0.29) is 12.2 Å². The Labute approximate surface area is 227 Å². The molecule has 0 fully saturated rings. The van der Waals surface area contributed by atoms with Crippen molar-refractivity contribution in [2.75, 3.05) is 6.61 Å². The number of phenolic OH excluding ortho intramolecular Hbond substituents is 1. The predicted octanol–water partition coefficient (Wildman–Crippen LogP) is 9.24. The standard InChI is InChI=1S/C29H37F4N3O3/c1-17-18(2)28-20(19(3)27(17)37)12-14-29(4,39-28)13-10-8-6-5-7-9-11-15-38-16-21-22(30)24(32)26(35-36-34)25(33)23(21)31/h37H,5-16H2,1-4H3/t29-/m1/s1. The van der Waals surface area contributed by atoms with Crippen molar-refractivity contribution in [1.29, 1.82) is 0 Å². The molecule has 0 amide bonds. The number of aromatic hydroxyl groups is 1. The molecule has 1 aliphatic rings. The van der Waals surface area contributed by atoms with Gasteiger partial charge in [-0.25, -0.2) is 17.6 Å². The molecule has 214 valence electrons. The summed E-state index contributed by atoms with van der Waals surface area (Å²) in [5, 5.41) is 13.0. The Morgan fingerprint density at radius 2 is 1.49 bits per heavy atom. The van der Waals surface area contributed by atoms with Crippen LogP contribution < -0.4 is 4.74 Å². The highest BCUT2D eigenvalue weighted by molar-refractivity contribution is 5.58. The number of hydrogen-bond donors (Lipinski definition) is 1. The number of nitrogens with zero attached hydrogens (tertiary/aromatic N) is 3. The first-order valence-electron chi connectivity index (χ1n) is 13.5. The third kappa shape index (κ3) is 6.97. The van der Waals surface area contributed by atoms with Crippen LogP contribution >= 0.6 is 0 Å². The van der Waals surface area contributed by atoms with Gasteiger partial charge in [0.25, 0.3) is 0 Å². The predicted molar refractivity (Wildman–Crippen MR) is 141 cm³/mol. The molecule has 0 aliphatic carbocycles. The van der Waals surface area contributed by atoms with E-state index in [1.807, 2.05) is 20.8 Å². The van der Waals surface area contributed by atoms with Crippen LogP contribution in [0, 0.1) is 44.0 Å². The van der Waals surface area contributed by atoms with E-state index in [9.17, 15) is 22.7 Å². The summed E-state index contributed by atoms with van der Waals surface area (Å²) in [5.74, 6) is -5.40. The first-order valence-corrected chi connectivity index (χ1v) is 13.5. The first kappa shape index (κ1) is 30.6. The van der Waals surface area contributed by atoms with Crippen LogP contribution in [-0.2, 0) is 17.8 Å². The Hall–Kier alpha value is -2.97. The molecular weight excluding hydrogens is 514 g/mol. The fourth-order valence-corrected chi connectivity index (χ4v) is 5.16. The molecule has 0 saturated carbocycles. The molecule has 3 rings (SSSR count). The number of halogens is 4. The van der Waals surface area contributed by atoms with E-state index in [4.69, 9.17) is 15.0 Å². The van der Waals surface area contributed by atoms with Gasteiger partial charge in [0.1, 0.15) is 22.8 Å². The quantitative estimate of drug-likeness (QED) is 0.0672. The van der Waals surface area contributed by atoms with Crippen molar-refractivity contribution in [3.05, 3.63) is 61.5 Å². The van der Waals surface area contributed by atoms with Gasteiger partial charge >= 0.3 is 0 Å². The van der Waals surface area contributed by atoms with E-state index in [2.05, 4.69) is 16.9 Å². The van der Waals surface area contributed by atoms with Gasteiger partial charge in [0, 0.05) is 17.1 Å². The molecule has 0 bridgehead atoms. The van der Waals surface area contributed by atoms with E-state index in [0.717, 1.165) is 85.8 Å². The van der Waals surface area contributed by atoms with Crippen LogP contribution in [0.3, 0.4) is 0 Å². The molecule has 2 aromatic carbocycles. The van der Waals surface area contributed by atoms with Crippen molar-refractivity contribution < 1.29 is 32.1 Å². The third-order valence-corrected chi connectivity index (χ3v) is 7.81. The molecule has 6 nitrogen and oxygen atoms in total. The largest absolute Gasteiger partial charge is 0.507 e. The summed E-state index contributed by atoms with van der Waals surface area (Å²) in [5.41, 5.74) is 9.82. The Morgan fingerprint density at radius 3 is 2.10 bits per heavy atom. The van der Waals surface area contributed by atoms with Crippen LogP contribution in [0.2, 0.25) is 0 Å². The highest BCUT2D eigenvalue weighted by Gasteiger charge is 2.34. The van der Waals surface area contributed by atoms with E-state index in [1.165, 1.54) is 0 Å². The van der Waals surface area contributed by atoms with Gasteiger partial charge in [0.15, 0.2) is 23.3 Å². The highest BCUT2D eigenvalue weighted by Crippen LogP contribution is 2.44. The second-order valence-electron chi connectivity index (χ2n) is 10.6. The molecule has 1 aliphatic heterocycles. The van der Waals surface area contributed by atoms with Gasteiger partial charge in [-0.2, -0.15) is 0 Å². The molecule has 1 heterocycles. The van der Waals surface area contributed by atoms with Crippen molar-refractivity contribution in [2.24, 2.45) is 5.11 Å². The number of unbranched alkanes of at least 4 members (excludes halogenated alkanes) is 6. The minimum absolute atomic E-state index is 0.202. The van der Waals surface area contributed by atoms with Gasteiger partial charge in [-0.15, -0.1) is 0 Å². The zero-order chi connectivity index (χ0) is 28.7. The van der Waals surface area contributed by atoms with Gasteiger partial charge in [-0.1, -0.05) is 37.2 Å². The minimum Gasteiger partial charge on any atom is -0.507 e. The van der Waals surface area contributed by atoms with E-state index in [1.54, 1.807) is 0 Å². The second-order valence-corrected chi connectivity index (χ2v) is 10.6. The summed E-state index contributed by atoms with van der Waals surface area (Å²) in [6.07, 6.45) is 9.60. The van der Waals surface area contributed by atoms with Crippen molar-refractivity contribution in [1.82, 2.24) is 0 Å². The minimum atomic E-state index is -1.74. The summed E-state index contributed by atoms with van der Waals surface area (Å²) in [6.45, 7) is 7.63. The number of ether oxygens (including phenoxy) is 2. The van der Waals surface area contributed by atoms with E-state index < -0.39 is 41.1 Å². The number of azide groups is 1. The van der Waals surface area contributed by atoms with Gasteiger partial charge in [-0.3, -0.25) is 0 Å². The summed E-state index contributed by atoms with van der Waals surface area (Å²) < 4.78 is 67.4. The molecule has 0 aromatic heterocycles. The molecule has 1 N–H and O–H groups in total. The Bertz CT molecular complexity index is 1220. The lowest BCUT2D eigenvalue weighted by Gasteiger charge is -2.38. The van der Waals surface area contributed by atoms with E-state index in [0.29, 0.717) is 12.2 Å². The maximum absolute atomic E-state index is 14.0. The Morgan fingerprint density at radius 1 is 0.897 bits per heavy atom. The van der Waals surface area contributed by atoms with Gasteiger partial charge in [-0.05, 0) is 82.0 Å². The Kier molecular flexibility index (Phi) is 10.5. The first-order chi connectivity index (χ1) is 18.5. The fourth-order valence-electron chi connectivity index (χ4n) is 5.16. The molecule has 2 aromatic rings. The molecule has 0 unspecified atom stereocenters. The fraction of sp³-hybridized carbons (Fsp3) is 0.586. The summed E-state index contributed by atoms with van der Waals surface area (Å²) in [7, 11) is 0. The van der Waals surface area contributed by atoms with Crippen LogP contribution in [0.15, 0.2) is 5.11 Å². The maximum atomic E-state index is 14.0. The molecular formula is C29H37F4N3O3. The lowest BCUT2D eigenvalue weighted by Crippen LogP contribution is -2.37. The molecule has 1 atom stereocenters. The third-order valence-electron chi connectivity index (χ3n) is 7.81. The summed E-state index contributed by atoms with van der Waals surface area (Å²) in [6, 6.07) is 0. The van der Waals surface area contributed by atoms with Crippen LogP contribution in [-0.4, -0.2) is 17.3 Å². The average molecular weight is 552 g/mol.